The van der Waals surface area contributed by atoms with Gasteiger partial charge < -0.3 is 19.9 Å². The first-order valence-corrected chi connectivity index (χ1v) is 9.69. The highest BCUT2D eigenvalue weighted by Crippen LogP contribution is 2.41. The Morgan fingerprint density at radius 1 is 1.37 bits per heavy atom. The summed E-state index contributed by atoms with van der Waals surface area (Å²) in [7, 11) is 1.88. The predicted molar refractivity (Wildman–Crippen MR) is 101 cm³/mol. The number of aromatic nitrogens is 4. The summed E-state index contributed by atoms with van der Waals surface area (Å²) >= 11 is 1.37. The number of piperidine rings is 1. The standard InChI is InChI=1S/C18H19FN6OS/c1-24(16-10-6-13(15(16)19)21-8-10)18-23-22-17(27-18)12-3-2-11(7-14(12)26)25-5-4-20-9-25/h2-5,7,9-10,13,15-16,21,26H,6,8H2,1H3/t10-,13-,15-,16-/m1/s1. The van der Waals surface area contributed by atoms with E-state index in [1.807, 2.05) is 34.8 Å². The molecule has 2 aromatic heterocycles. The molecule has 2 N–H and O–H groups in total. The SMILES string of the molecule is CN(c1nnc(-c2ccc(-n3ccnc3)cc2O)s1)[C@@H]1[C@H]2CN[C@H](C2)[C@H]1F. The molecule has 3 aromatic rings. The maximum absolute atomic E-state index is 14.6. The number of phenolic OH excluding ortho intramolecular Hbond substituents is 1. The Balaban J connectivity index is 1.41. The molecule has 2 aliphatic rings. The lowest BCUT2D eigenvalue weighted by atomic mass is 10.0. The van der Waals surface area contributed by atoms with Crippen LogP contribution in [-0.4, -0.2) is 56.7 Å². The largest absolute Gasteiger partial charge is 0.507 e. The van der Waals surface area contributed by atoms with Gasteiger partial charge in [0.25, 0.3) is 0 Å². The van der Waals surface area contributed by atoms with E-state index in [2.05, 4.69) is 20.5 Å². The van der Waals surface area contributed by atoms with E-state index in [9.17, 15) is 9.50 Å². The zero-order chi connectivity index (χ0) is 18.5. The summed E-state index contributed by atoms with van der Waals surface area (Å²) in [6, 6.07) is 5.15. The molecule has 1 aliphatic heterocycles. The Bertz CT molecular complexity index is 959. The number of phenols is 1. The number of aromatic hydroxyl groups is 1. The summed E-state index contributed by atoms with van der Waals surface area (Å²) in [5.74, 6) is 0.421. The maximum atomic E-state index is 14.6. The Morgan fingerprint density at radius 3 is 2.96 bits per heavy atom. The average molecular weight is 386 g/mol. The molecule has 4 atom stereocenters. The summed E-state index contributed by atoms with van der Waals surface area (Å²) in [6.45, 7) is 0.849. The minimum absolute atomic E-state index is 0.0467. The number of hydrogen-bond donors (Lipinski definition) is 2. The van der Waals surface area contributed by atoms with Gasteiger partial charge in [-0.25, -0.2) is 9.37 Å². The number of anilines is 1. The van der Waals surface area contributed by atoms with Gasteiger partial charge in [0.15, 0.2) is 5.01 Å². The number of hydrogen-bond acceptors (Lipinski definition) is 7. The lowest BCUT2D eigenvalue weighted by molar-refractivity contribution is 0.220. The molecule has 2 bridgehead atoms. The summed E-state index contributed by atoms with van der Waals surface area (Å²) in [4.78, 5) is 5.92. The van der Waals surface area contributed by atoms with E-state index in [-0.39, 0.29) is 17.8 Å². The van der Waals surface area contributed by atoms with Crippen LogP contribution in [0.15, 0.2) is 36.9 Å². The van der Waals surface area contributed by atoms with Gasteiger partial charge in [-0.3, -0.25) is 0 Å². The van der Waals surface area contributed by atoms with Crippen molar-refractivity contribution in [1.29, 1.82) is 0 Å². The third-order valence-electron chi connectivity index (χ3n) is 5.57. The van der Waals surface area contributed by atoms with Crippen LogP contribution in [0.5, 0.6) is 5.75 Å². The number of rotatable bonds is 4. The third-order valence-corrected chi connectivity index (χ3v) is 6.62. The van der Waals surface area contributed by atoms with Crippen molar-refractivity contribution < 1.29 is 9.50 Å². The average Bonchev–Trinajstić information content (AvgIpc) is 3.44. The first kappa shape index (κ1) is 16.6. The fourth-order valence-electron chi connectivity index (χ4n) is 4.19. The normalized spacial score (nSPS) is 26.6. The van der Waals surface area contributed by atoms with Gasteiger partial charge in [0.1, 0.15) is 11.9 Å². The number of imidazole rings is 1. The monoisotopic (exact) mass is 386 g/mol. The first-order chi connectivity index (χ1) is 13.1. The molecule has 0 radical (unpaired) electrons. The van der Waals surface area contributed by atoms with E-state index < -0.39 is 6.17 Å². The Kier molecular flexibility index (Phi) is 3.87. The molecule has 5 rings (SSSR count). The van der Waals surface area contributed by atoms with Gasteiger partial charge in [0.05, 0.1) is 23.6 Å². The lowest BCUT2D eigenvalue weighted by Gasteiger charge is -2.33. The van der Waals surface area contributed by atoms with Crippen molar-refractivity contribution in [2.45, 2.75) is 24.7 Å². The van der Waals surface area contributed by atoms with Crippen molar-refractivity contribution in [3.05, 3.63) is 36.9 Å². The van der Waals surface area contributed by atoms with Crippen LogP contribution < -0.4 is 10.2 Å². The van der Waals surface area contributed by atoms with Crippen LogP contribution in [0.2, 0.25) is 0 Å². The van der Waals surface area contributed by atoms with Gasteiger partial charge in [-0.15, -0.1) is 10.2 Å². The van der Waals surface area contributed by atoms with Gasteiger partial charge in [-0.2, -0.15) is 0 Å². The zero-order valence-electron chi connectivity index (χ0n) is 14.7. The number of nitrogens with one attached hydrogen (secondary N) is 1. The van der Waals surface area contributed by atoms with Crippen molar-refractivity contribution in [1.82, 2.24) is 25.1 Å². The zero-order valence-corrected chi connectivity index (χ0v) is 15.5. The Hall–Kier alpha value is -2.52. The number of nitrogens with zero attached hydrogens (tertiary/aromatic N) is 5. The fourth-order valence-corrected chi connectivity index (χ4v) is 5.08. The van der Waals surface area contributed by atoms with Crippen molar-refractivity contribution >= 4 is 16.5 Å². The van der Waals surface area contributed by atoms with Gasteiger partial charge in [-0.05, 0) is 24.5 Å². The highest BCUT2D eigenvalue weighted by molar-refractivity contribution is 7.18. The molecule has 1 saturated heterocycles. The van der Waals surface area contributed by atoms with E-state index in [1.165, 1.54) is 11.3 Å². The molecule has 7 nitrogen and oxygen atoms in total. The fraction of sp³-hybridized carbons (Fsp3) is 0.389. The molecule has 3 heterocycles. The topological polar surface area (TPSA) is 79.1 Å². The van der Waals surface area contributed by atoms with Gasteiger partial charge in [0, 0.05) is 38.1 Å². The molecule has 0 spiro atoms. The highest BCUT2D eigenvalue weighted by atomic mass is 32.1. The molecule has 1 aromatic carbocycles. The van der Waals surface area contributed by atoms with E-state index >= 15 is 0 Å². The second kappa shape index (κ2) is 6.28. The second-order valence-electron chi connectivity index (χ2n) is 7.12. The molecule has 27 heavy (non-hydrogen) atoms. The quantitative estimate of drug-likeness (QED) is 0.716. The number of fused-ring (bicyclic) bond motifs is 2. The summed E-state index contributed by atoms with van der Waals surface area (Å²) in [6.07, 6.45) is 5.14. The lowest BCUT2D eigenvalue weighted by Crippen LogP contribution is -2.51. The van der Waals surface area contributed by atoms with Crippen molar-refractivity contribution in [3.8, 4) is 22.0 Å². The third kappa shape index (κ3) is 2.69. The molecular formula is C18H19FN6OS. The van der Waals surface area contributed by atoms with Crippen LogP contribution in [0.4, 0.5) is 9.52 Å². The van der Waals surface area contributed by atoms with Gasteiger partial charge in [-0.1, -0.05) is 11.3 Å². The Morgan fingerprint density at radius 2 is 2.26 bits per heavy atom. The van der Waals surface area contributed by atoms with Crippen molar-refractivity contribution in [2.75, 3.05) is 18.5 Å². The molecular weight excluding hydrogens is 367 g/mol. The number of benzene rings is 1. The van der Waals surface area contributed by atoms with E-state index in [1.54, 1.807) is 18.6 Å². The summed E-state index contributed by atoms with van der Waals surface area (Å²) in [5, 5.41) is 23.4. The smallest absolute Gasteiger partial charge is 0.208 e. The molecule has 1 saturated carbocycles. The van der Waals surface area contributed by atoms with Gasteiger partial charge in [0.2, 0.25) is 5.13 Å². The Labute approximate surface area is 159 Å². The van der Waals surface area contributed by atoms with Gasteiger partial charge >= 0.3 is 0 Å². The minimum Gasteiger partial charge on any atom is -0.507 e. The molecule has 140 valence electrons. The van der Waals surface area contributed by atoms with Crippen molar-refractivity contribution in [2.24, 2.45) is 5.92 Å². The van der Waals surface area contributed by atoms with E-state index in [0.29, 0.717) is 21.6 Å². The predicted octanol–water partition coefficient (Wildman–Crippen LogP) is 2.23. The van der Waals surface area contributed by atoms with Crippen LogP contribution in [0.25, 0.3) is 16.3 Å². The molecule has 9 heteroatoms. The molecule has 2 fully saturated rings. The molecule has 0 amide bonds. The van der Waals surface area contributed by atoms with E-state index in [0.717, 1.165) is 18.7 Å². The summed E-state index contributed by atoms with van der Waals surface area (Å²) < 4.78 is 16.4. The second-order valence-corrected chi connectivity index (χ2v) is 8.07. The van der Waals surface area contributed by atoms with E-state index in [4.69, 9.17) is 0 Å². The van der Waals surface area contributed by atoms with Crippen LogP contribution in [0.1, 0.15) is 6.42 Å². The molecule has 1 aliphatic carbocycles. The van der Waals surface area contributed by atoms with Crippen molar-refractivity contribution in [3.63, 3.8) is 0 Å². The van der Waals surface area contributed by atoms with Crippen LogP contribution in [0, 0.1) is 5.92 Å². The maximum Gasteiger partial charge on any atom is 0.208 e. The molecule has 0 unspecified atom stereocenters. The highest BCUT2D eigenvalue weighted by Gasteiger charge is 2.50. The van der Waals surface area contributed by atoms with Crippen LogP contribution >= 0.6 is 11.3 Å². The summed E-state index contributed by atoms with van der Waals surface area (Å²) in [5.41, 5.74) is 1.42. The first-order valence-electron chi connectivity index (χ1n) is 8.87. The minimum atomic E-state index is -0.899. The van der Waals surface area contributed by atoms with Crippen LogP contribution in [-0.2, 0) is 0 Å². The number of halogens is 1. The van der Waals surface area contributed by atoms with Crippen LogP contribution in [0.3, 0.4) is 0 Å². The number of alkyl halides is 1.